The minimum absolute atomic E-state index is 0.111. The molecule has 1 amide bonds. The van der Waals surface area contributed by atoms with Crippen LogP contribution in [0.15, 0.2) is 42.7 Å². The Morgan fingerprint density at radius 1 is 1.32 bits per heavy atom. The molecule has 0 saturated carbocycles. The predicted octanol–water partition coefficient (Wildman–Crippen LogP) is 4.67. The molecule has 0 saturated heterocycles. The standard InChI is InChI=1S/C18H19ClN2O/c1-12-10-18(2,3)14-7-4-8-15(16(12)14)21(19)17(22)13-6-5-9-20-11-13/h4-9,11-12H,10H2,1-3H3. The van der Waals surface area contributed by atoms with Crippen molar-refractivity contribution < 1.29 is 4.79 Å². The zero-order valence-electron chi connectivity index (χ0n) is 13.0. The molecule has 2 aromatic rings. The number of rotatable bonds is 2. The van der Waals surface area contributed by atoms with Gasteiger partial charge in [0.25, 0.3) is 5.91 Å². The van der Waals surface area contributed by atoms with Crippen molar-refractivity contribution in [1.29, 1.82) is 0 Å². The van der Waals surface area contributed by atoms with E-state index in [0.29, 0.717) is 11.5 Å². The lowest BCUT2D eigenvalue weighted by Crippen LogP contribution is -2.22. The summed E-state index contributed by atoms with van der Waals surface area (Å²) in [6.07, 6.45) is 4.24. The van der Waals surface area contributed by atoms with Gasteiger partial charge in [0.1, 0.15) is 0 Å². The van der Waals surface area contributed by atoms with Crippen LogP contribution in [-0.2, 0) is 5.41 Å². The van der Waals surface area contributed by atoms with Gasteiger partial charge in [-0.15, -0.1) is 0 Å². The number of anilines is 1. The molecule has 1 aliphatic rings. The van der Waals surface area contributed by atoms with Crippen LogP contribution in [0.4, 0.5) is 5.69 Å². The van der Waals surface area contributed by atoms with Crippen LogP contribution in [-0.4, -0.2) is 10.9 Å². The van der Waals surface area contributed by atoms with E-state index in [1.807, 2.05) is 12.1 Å². The fourth-order valence-electron chi connectivity index (χ4n) is 3.52. The lowest BCUT2D eigenvalue weighted by atomic mass is 9.86. The van der Waals surface area contributed by atoms with Gasteiger partial charge in [-0.1, -0.05) is 32.9 Å². The lowest BCUT2D eigenvalue weighted by molar-refractivity contribution is 0.100. The van der Waals surface area contributed by atoms with Crippen LogP contribution in [0.3, 0.4) is 0 Å². The predicted molar refractivity (Wildman–Crippen MR) is 89.4 cm³/mol. The maximum absolute atomic E-state index is 12.6. The number of hydrogen-bond acceptors (Lipinski definition) is 2. The third-order valence-corrected chi connectivity index (χ3v) is 4.76. The number of carbonyl (C=O) groups is 1. The Balaban J connectivity index is 2.04. The average molecular weight is 315 g/mol. The van der Waals surface area contributed by atoms with E-state index in [2.05, 4.69) is 31.8 Å². The molecule has 1 aromatic heterocycles. The van der Waals surface area contributed by atoms with Crippen LogP contribution in [0, 0.1) is 0 Å². The van der Waals surface area contributed by atoms with Gasteiger partial charge in [0.2, 0.25) is 0 Å². The third kappa shape index (κ3) is 2.40. The summed E-state index contributed by atoms with van der Waals surface area (Å²) >= 11 is 6.39. The van der Waals surface area contributed by atoms with Crippen molar-refractivity contribution in [2.75, 3.05) is 4.42 Å². The Bertz CT molecular complexity index is 712. The molecular formula is C18H19ClN2O. The largest absolute Gasteiger partial charge is 0.274 e. The second kappa shape index (κ2) is 5.40. The van der Waals surface area contributed by atoms with Crippen LogP contribution >= 0.6 is 11.8 Å². The zero-order valence-corrected chi connectivity index (χ0v) is 13.8. The number of nitrogens with zero attached hydrogens (tertiary/aromatic N) is 2. The highest BCUT2D eigenvalue weighted by atomic mass is 35.5. The number of benzene rings is 1. The van der Waals surface area contributed by atoms with Gasteiger partial charge in [-0.3, -0.25) is 9.78 Å². The Hall–Kier alpha value is -1.87. The molecular weight excluding hydrogens is 296 g/mol. The van der Waals surface area contributed by atoms with E-state index >= 15 is 0 Å². The number of pyridine rings is 1. The molecule has 0 N–H and O–H groups in total. The minimum atomic E-state index is -0.250. The van der Waals surface area contributed by atoms with E-state index in [1.54, 1.807) is 18.3 Å². The van der Waals surface area contributed by atoms with Crippen molar-refractivity contribution in [2.24, 2.45) is 0 Å². The highest BCUT2D eigenvalue weighted by molar-refractivity contribution is 6.39. The number of fused-ring (bicyclic) bond motifs is 1. The first-order valence-corrected chi connectivity index (χ1v) is 7.79. The Kier molecular flexibility index (Phi) is 3.69. The number of carbonyl (C=O) groups excluding carboxylic acids is 1. The maximum Gasteiger partial charge on any atom is 0.274 e. The van der Waals surface area contributed by atoms with Crippen LogP contribution in [0.25, 0.3) is 0 Å². The highest BCUT2D eigenvalue weighted by Crippen LogP contribution is 2.49. The highest BCUT2D eigenvalue weighted by Gasteiger charge is 2.37. The molecule has 3 rings (SSSR count). The van der Waals surface area contributed by atoms with E-state index in [4.69, 9.17) is 11.8 Å². The van der Waals surface area contributed by atoms with Gasteiger partial charge in [0.15, 0.2) is 0 Å². The molecule has 0 bridgehead atoms. The molecule has 22 heavy (non-hydrogen) atoms. The van der Waals surface area contributed by atoms with E-state index in [9.17, 15) is 4.79 Å². The summed E-state index contributed by atoms with van der Waals surface area (Å²) < 4.78 is 1.23. The lowest BCUT2D eigenvalue weighted by Gasteiger charge is -2.21. The van der Waals surface area contributed by atoms with Gasteiger partial charge in [0, 0.05) is 24.2 Å². The number of amides is 1. The molecule has 114 valence electrons. The molecule has 3 nitrogen and oxygen atoms in total. The van der Waals surface area contributed by atoms with Gasteiger partial charge in [-0.25, -0.2) is 4.42 Å². The maximum atomic E-state index is 12.6. The van der Waals surface area contributed by atoms with Crippen LogP contribution in [0.5, 0.6) is 0 Å². The second-order valence-corrected chi connectivity index (χ2v) is 6.89. The average Bonchev–Trinajstić information content (AvgIpc) is 2.76. The summed E-state index contributed by atoms with van der Waals surface area (Å²) in [5, 5.41) is 0. The Labute approximate surface area is 136 Å². The van der Waals surface area contributed by atoms with Crippen molar-refractivity contribution >= 4 is 23.4 Å². The molecule has 0 aliphatic heterocycles. The summed E-state index contributed by atoms with van der Waals surface area (Å²) in [4.78, 5) is 16.6. The van der Waals surface area contributed by atoms with E-state index in [1.165, 1.54) is 21.7 Å². The fourth-order valence-corrected chi connectivity index (χ4v) is 3.77. The first kappa shape index (κ1) is 15.0. The van der Waals surface area contributed by atoms with Crippen molar-refractivity contribution in [2.45, 2.75) is 38.5 Å². The molecule has 1 aromatic carbocycles. The fraction of sp³-hybridized carbons (Fsp3) is 0.333. The van der Waals surface area contributed by atoms with Crippen molar-refractivity contribution in [3.8, 4) is 0 Å². The molecule has 1 atom stereocenters. The summed E-state index contributed by atoms with van der Waals surface area (Å²) in [5.74, 6) is 0.129. The summed E-state index contributed by atoms with van der Waals surface area (Å²) in [5.41, 5.74) is 3.84. The quantitative estimate of drug-likeness (QED) is 0.755. The molecule has 4 heteroatoms. The van der Waals surface area contributed by atoms with Crippen molar-refractivity contribution in [3.63, 3.8) is 0 Å². The topological polar surface area (TPSA) is 33.2 Å². The monoisotopic (exact) mass is 314 g/mol. The van der Waals surface area contributed by atoms with Gasteiger partial charge in [0.05, 0.1) is 11.3 Å². The summed E-state index contributed by atoms with van der Waals surface area (Å²) in [7, 11) is 0. The van der Waals surface area contributed by atoms with Crippen molar-refractivity contribution in [3.05, 3.63) is 59.4 Å². The summed E-state index contributed by atoms with van der Waals surface area (Å²) in [6, 6.07) is 9.49. The SMILES string of the molecule is CC1CC(C)(C)c2cccc(N(Cl)C(=O)c3cccnc3)c21. The normalized spacial score (nSPS) is 18.8. The smallest absolute Gasteiger partial charge is 0.267 e. The molecule has 0 radical (unpaired) electrons. The molecule has 0 spiro atoms. The van der Waals surface area contributed by atoms with Gasteiger partial charge < -0.3 is 0 Å². The number of aromatic nitrogens is 1. The molecule has 0 fully saturated rings. The van der Waals surface area contributed by atoms with Gasteiger partial charge in [-0.05, 0) is 47.1 Å². The number of halogens is 1. The first-order valence-electron chi connectivity index (χ1n) is 7.45. The Morgan fingerprint density at radius 3 is 2.77 bits per heavy atom. The third-order valence-electron chi connectivity index (χ3n) is 4.42. The summed E-state index contributed by atoms with van der Waals surface area (Å²) in [6.45, 7) is 6.66. The van der Waals surface area contributed by atoms with E-state index in [-0.39, 0.29) is 11.3 Å². The van der Waals surface area contributed by atoms with E-state index in [0.717, 1.165) is 12.1 Å². The van der Waals surface area contributed by atoms with Crippen molar-refractivity contribution in [1.82, 2.24) is 4.98 Å². The molecule has 1 aliphatic carbocycles. The van der Waals surface area contributed by atoms with E-state index < -0.39 is 0 Å². The van der Waals surface area contributed by atoms with Gasteiger partial charge >= 0.3 is 0 Å². The zero-order chi connectivity index (χ0) is 15.9. The molecule has 1 unspecified atom stereocenters. The minimum Gasteiger partial charge on any atom is -0.267 e. The van der Waals surface area contributed by atoms with Crippen LogP contribution in [0.1, 0.15) is 54.6 Å². The number of hydrogen-bond donors (Lipinski definition) is 0. The Morgan fingerprint density at radius 2 is 2.09 bits per heavy atom. The van der Waals surface area contributed by atoms with Crippen LogP contribution in [0.2, 0.25) is 0 Å². The molecule has 1 heterocycles. The van der Waals surface area contributed by atoms with Crippen LogP contribution < -0.4 is 4.42 Å². The van der Waals surface area contributed by atoms with Gasteiger partial charge in [-0.2, -0.15) is 0 Å². The second-order valence-electron chi connectivity index (χ2n) is 6.56. The first-order chi connectivity index (χ1) is 10.4.